The smallest absolute Gasteiger partial charge is 0.263 e. The first-order valence-electron chi connectivity index (χ1n) is 7.96. The fourth-order valence-electron chi connectivity index (χ4n) is 2.82. The van der Waals surface area contributed by atoms with Crippen molar-refractivity contribution in [3.05, 3.63) is 38.3 Å². The van der Waals surface area contributed by atoms with Gasteiger partial charge in [-0.3, -0.25) is 4.79 Å². The number of carbonyl (C=O) groups excluding carboxylic acids is 1. The number of thiazole rings is 1. The number of halogens is 1. The van der Waals surface area contributed by atoms with E-state index in [1.807, 2.05) is 19.1 Å². The normalized spacial score (nSPS) is 17.4. The number of fused-ring (bicyclic) bond motifs is 1. The first-order chi connectivity index (χ1) is 11.6. The lowest BCUT2D eigenvalue weighted by molar-refractivity contribution is 0.0942. The van der Waals surface area contributed by atoms with Crippen molar-refractivity contribution < 1.29 is 14.3 Å². The van der Waals surface area contributed by atoms with Gasteiger partial charge in [0.2, 0.25) is 0 Å². The number of ether oxygens (including phenoxy) is 2. The Bertz CT molecular complexity index is 788. The van der Waals surface area contributed by atoms with Crippen molar-refractivity contribution in [2.24, 2.45) is 0 Å². The largest absolute Gasteiger partial charge is 0.486 e. The second-order valence-electron chi connectivity index (χ2n) is 6.05. The first-order valence-corrected chi connectivity index (χ1v) is 9.64. The molecule has 1 aliphatic carbocycles. The standard InChI is InChI=1S/C17H17BrN2O3S/c1-9(11-6-13-14(7-12(11)18)23-5-4-22-13)20-17(21)16-15(10-2-3-10)19-8-24-16/h6-10H,2-5H2,1H3,(H,20,21). The van der Waals surface area contributed by atoms with Crippen molar-refractivity contribution in [1.82, 2.24) is 10.3 Å². The summed E-state index contributed by atoms with van der Waals surface area (Å²) in [7, 11) is 0. The molecular formula is C17H17BrN2O3S. The molecule has 1 saturated carbocycles. The average molecular weight is 409 g/mol. The minimum atomic E-state index is -0.156. The third-order valence-electron chi connectivity index (χ3n) is 4.24. The predicted molar refractivity (Wildman–Crippen MR) is 95.1 cm³/mol. The number of aromatic nitrogens is 1. The minimum absolute atomic E-state index is 0.0614. The summed E-state index contributed by atoms with van der Waals surface area (Å²) in [5.74, 6) is 1.85. The molecule has 1 aromatic carbocycles. The fraction of sp³-hybridized carbons (Fsp3) is 0.412. The van der Waals surface area contributed by atoms with E-state index in [2.05, 4.69) is 26.2 Å². The van der Waals surface area contributed by atoms with E-state index >= 15 is 0 Å². The van der Waals surface area contributed by atoms with Gasteiger partial charge in [-0.05, 0) is 37.5 Å². The molecule has 2 heterocycles. The van der Waals surface area contributed by atoms with E-state index in [4.69, 9.17) is 9.47 Å². The molecule has 0 bridgehead atoms. The third-order valence-corrected chi connectivity index (χ3v) is 5.77. The van der Waals surface area contributed by atoms with E-state index in [0.29, 0.717) is 19.1 Å². The van der Waals surface area contributed by atoms with Gasteiger partial charge in [0, 0.05) is 10.4 Å². The summed E-state index contributed by atoms with van der Waals surface area (Å²) in [4.78, 5) is 17.7. The summed E-state index contributed by atoms with van der Waals surface area (Å²) in [6, 6.07) is 3.67. The van der Waals surface area contributed by atoms with Gasteiger partial charge in [-0.15, -0.1) is 11.3 Å². The van der Waals surface area contributed by atoms with E-state index in [-0.39, 0.29) is 11.9 Å². The van der Waals surface area contributed by atoms with Gasteiger partial charge in [0.05, 0.1) is 17.2 Å². The highest BCUT2D eigenvalue weighted by Crippen LogP contribution is 2.42. The molecule has 1 amide bonds. The first kappa shape index (κ1) is 15.9. The van der Waals surface area contributed by atoms with Gasteiger partial charge in [-0.2, -0.15) is 0 Å². The molecule has 1 aromatic heterocycles. The average Bonchev–Trinajstić information content (AvgIpc) is 3.30. The van der Waals surface area contributed by atoms with Crippen LogP contribution < -0.4 is 14.8 Å². The third kappa shape index (κ3) is 3.02. The highest BCUT2D eigenvalue weighted by atomic mass is 79.9. The summed E-state index contributed by atoms with van der Waals surface area (Å²) < 4.78 is 12.1. The number of carbonyl (C=O) groups is 1. The van der Waals surface area contributed by atoms with Crippen LogP contribution >= 0.6 is 27.3 Å². The van der Waals surface area contributed by atoms with E-state index in [1.54, 1.807) is 5.51 Å². The van der Waals surface area contributed by atoms with Gasteiger partial charge < -0.3 is 14.8 Å². The monoisotopic (exact) mass is 408 g/mol. The Morgan fingerprint density at radius 2 is 2.04 bits per heavy atom. The molecule has 1 unspecified atom stereocenters. The van der Waals surface area contributed by atoms with Crippen LogP contribution in [0, 0.1) is 0 Å². The molecule has 0 saturated heterocycles. The molecule has 1 N–H and O–H groups in total. The Kier molecular flexibility index (Phi) is 4.22. The molecule has 5 nitrogen and oxygen atoms in total. The van der Waals surface area contributed by atoms with E-state index < -0.39 is 0 Å². The quantitative estimate of drug-likeness (QED) is 0.828. The van der Waals surface area contributed by atoms with Crippen LogP contribution in [-0.4, -0.2) is 24.1 Å². The summed E-state index contributed by atoms with van der Waals surface area (Å²) in [6.45, 7) is 3.06. The van der Waals surface area contributed by atoms with E-state index in [0.717, 1.165) is 44.9 Å². The molecule has 126 valence electrons. The van der Waals surface area contributed by atoms with Crippen LogP contribution in [0.15, 0.2) is 22.1 Å². The minimum Gasteiger partial charge on any atom is -0.486 e. The molecule has 2 aliphatic rings. The van der Waals surface area contributed by atoms with E-state index in [9.17, 15) is 4.79 Å². The number of hydrogen-bond donors (Lipinski definition) is 1. The second kappa shape index (κ2) is 6.37. The molecule has 1 aliphatic heterocycles. The van der Waals surface area contributed by atoms with Crippen molar-refractivity contribution >= 4 is 33.2 Å². The maximum Gasteiger partial charge on any atom is 0.263 e. The number of benzene rings is 1. The lowest BCUT2D eigenvalue weighted by Crippen LogP contribution is -2.27. The topological polar surface area (TPSA) is 60.5 Å². The Hall–Kier alpha value is -1.60. The highest BCUT2D eigenvalue weighted by molar-refractivity contribution is 9.10. The van der Waals surface area contributed by atoms with Crippen molar-refractivity contribution in [1.29, 1.82) is 0 Å². The molecule has 4 rings (SSSR count). The van der Waals surface area contributed by atoms with E-state index in [1.165, 1.54) is 11.3 Å². The Balaban J connectivity index is 1.54. The van der Waals surface area contributed by atoms with Crippen LogP contribution in [0.3, 0.4) is 0 Å². The predicted octanol–water partition coefficient (Wildman–Crippen LogP) is 4.05. The molecule has 1 fully saturated rings. The zero-order valence-corrected chi connectivity index (χ0v) is 15.6. The summed E-state index contributed by atoms with van der Waals surface area (Å²) >= 11 is 4.98. The highest BCUT2D eigenvalue weighted by Gasteiger charge is 2.31. The molecule has 0 radical (unpaired) electrons. The van der Waals surface area contributed by atoms with Crippen LogP contribution in [0.1, 0.15) is 52.7 Å². The molecule has 1 atom stereocenters. The Morgan fingerprint density at radius 3 is 2.75 bits per heavy atom. The van der Waals surface area contributed by atoms with Crippen molar-refractivity contribution in [3.8, 4) is 11.5 Å². The number of nitrogens with zero attached hydrogens (tertiary/aromatic N) is 1. The number of nitrogens with one attached hydrogen (secondary N) is 1. The Labute approximate surface area is 152 Å². The molecule has 0 spiro atoms. The van der Waals surface area contributed by atoms with Crippen molar-refractivity contribution in [3.63, 3.8) is 0 Å². The van der Waals surface area contributed by atoms with Gasteiger partial charge in [-0.25, -0.2) is 4.98 Å². The number of rotatable bonds is 4. The molecule has 2 aromatic rings. The van der Waals surface area contributed by atoms with Gasteiger partial charge >= 0.3 is 0 Å². The van der Waals surface area contributed by atoms with Crippen LogP contribution in [0.4, 0.5) is 0 Å². The summed E-state index contributed by atoms with van der Waals surface area (Å²) in [5.41, 5.74) is 3.67. The second-order valence-corrected chi connectivity index (χ2v) is 7.76. The lowest BCUT2D eigenvalue weighted by atomic mass is 10.1. The van der Waals surface area contributed by atoms with Crippen LogP contribution in [-0.2, 0) is 0 Å². The zero-order chi connectivity index (χ0) is 16.7. The SMILES string of the molecule is CC(NC(=O)c1scnc1C1CC1)c1cc2c(cc1Br)OCCO2. The van der Waals surface area contributed by atoms with Gasteiger partial charge in [0.1, 0.15) is 18.1 Å². The maximum atomic E-state index is 12.6. The zero-order valence-electron chi connectivity index (χ0n) is 13.2. The molecule has 7 heteroatoms. The van der Waals surface area contributed by atoms with Crippen LogP contribution in [0.2, 0.25) is 0 Å². The number of amides is 1. The van der Waals surface area contributed by atoms with Crippen LogP contribution in [0.5, 0.6) is 11.5 Å². The van der Waals surface area contributed by atoms with Gasteiger partial charge in [0.15, 0.2) is 11.5 Å². The number of hydrogen-bond acceptors (Lipinski definition) is 5. The maximum absolute atomic E-state index is 12.6. The Morgan fingerprint density at radius 1 is 1.33 bits per heavy atom. The molecule has 24 heavy (non-hydrogen) atoms. The lowest BCUT2D eigenvalue weighted by Gasteiger charge is -2.22. The van der Waals surface area contributed by atoms with Crippen molar-refractivity contribution in [2.45, 2.75) is 31.7 Å². The molecular weight excluding hydrogens is 392 g/mol. The summed E-state index contributed by atoms with van der Waals surface area (Å²) in [5, 5.41) is 3.07. The van der Waals surface area contributed by atoms with Gasteiger partial charge in [-0.1, -0.05) is 15.9 Å². The van der Waals surface area contributed by atoms with Crippen LogP contribution in [0.25, 0.3) is 0 Å². The van der Waals surface area contributed by atoms with Gasteiger partial charge in [0.25, 0.3) is 5.91 Å². The summed E-state index contributed by atoms with van der Waals surface area (Å²) in [6.07, 6.45) is 2.26. The van der Waals surface area contributed by atoms with Crippen molar-refractivity contribution in [2.75, 3.05) is 13.2 Å². The fourth-order valence-corrected chi connectivity index (χ4v) is 4.27.